The molecule has 0 atom stereocenters. The largest absolute Gasteiger partial charge is 0.467 e. The van der Waals surface area contributed by atoms with Gasteiger partial charge in [0.15, 0.2) is 0 Å². The summed E-state index contributed by atoms with van der Waals surface area (Å²) in [4.78, 5) is 14.1. The van der Waals surface area contributed by atoms with Crippen LogP contribution in [0.1, 0.15) is 29.4 Å². The summed E-state index contributed by atoms with van der Waals surface area (Å²) in [5, 5.41) is 2.91. The Morgan fingerprint density at radius 1 is 0.949 bits per heavy atom. The van der Waals surface area contributed by atoms with E-state index in [0.717, 1.165) is 23.8 Å². The average molecular weight is 559 g/mol. The molecule has 204 valence electrons. The van der Waals surface area contributed by atoms with Crippen LogP contribution in [0.25, 0.3) is 0 Å². The molecule has 0 aliphatic rings. The molecule has 4 rings (SSSR count). The number of carbonyl (C=O) groups is 1. The molecule has 0 radical (unpaired) electrons. The summed E-state index contributed by atoms with van der Waals surface area (Å²) in [5.41, 5.74) is 1.04. The molecule has 0 spiro atoms. The highest BCUT2D eigenvalue weighted by Gasteiger charge is 2.32. The van der Waals surface area contributed by atoms with Crippen molar-refractivity contribution in [3.8, 4) is 5.75 Å². The minimum atomic E-state index is -4.71. The zero-order valence-corrected chi connectivity index (χ0v) is 21.6. The molecule has 3 aromatic carbocycles. The van der Waals surface area contributed by atoms with E-state index in [1.54, 1.807) is 24.3 Å². The van der Waals surface area contributed by atoms with Gasteiger partial charge in [-0.25, -0.2) is 4.79 Å². The Bertz CT molecular complexity index is 1540. The maximum Gasteiger partial charge on any atom is 0.416 e. The van der Waals surface area contributed by atoms with Gasteiger partial charge in [-0.15, -0.1) is 0 Å². The smallest absolute Gasteiger partial charge is 0.416 e. The van der Waals surface area contributed by atoms with Gasteiger partial charge in [-0.05, 0) is 66.1 Å². The van der Waals surface area contributed by atoms with Gasteiger partial charge in [-0.1, -0.05) is 43.3 Å². The number of hydrogen-bond donors (Lipinski definition) is 1. The van der Waals surface area contributed by atoms with E-state index in [1.165, 1.54) is 29.4 Å². The predicted molar refractivity (Wildman–Crippen MR) is 138 cm³/mol. The fourth-order valence-corrected chi connectivity index (χ4v) is 4.82. The normalized spacial score (nSPS) is 11.7. The maximum atomic E-state index is 13.3. The first-order chi connectivity index (χ1) is 18.5. The Hall–Kier alpha value is -4.25. The number of urea groups is 1. The highest BCUT2D eigenvalue weighted by atomic mass is 32.2. The van der Waals surface area contributed by atoms with Gasteiger partial charge in [0.25, 0.3) is 0 Å². The van der Waals surface area contributed by atoms with Crippen LogP contribution in [0.4, 0.5) is 23.7 Å². The third-order valence-electron chi connectivity index (χ3n) is 5.78. The number of halogens is 3. The van der Waals surface area contributed by atoms with Crippen LogP contribution in [0, 0.1) is 0 Å². The van der Waals surface area contributed by atoms with Crippen LogP contribution >= 0.6 is 0 Å². The van der Waals surface area contributed by atoms with E-state index in [4.69, 9.17) is 8.60 Å². The van der Waals surface area contributed by atoms with Gasteiger partial charge in [0.05, 0.1) is 18.4 Å². The predicted octanol–water partition coefficient (Wildman–Crippen LogP) is 6.86. The average Bonchev–Trinajstić information content (AvgIpc) is 3.41. The fraction of sp³-hybridized carbons (Fsp3) is 0.179. The van der Waals surface area contributed by atoms with Crippen molar-refractivity contribution >= 4 is 21.8 Å². The molecule has 39 heavy (non-hydrogen) atoms. The lowest BCUT2D eigenvalue weighted by molar-refractivity contribution is -0.137. The van der Waals surface area contributed by atoms with Gasteiger partial charge >= 0.3 is 22.3 Å². The second kappa shape index (κ2) is 11.6. The lowest BCUT2D eigenvalue weighted by atomic mass is 10.1. The Labute approximate surface area is 224 Å². The first-order valence-corrected chi connectivity index (χ1v) is 13.3. The molecule has 4 aromatic rings. The first-order valence-electron chi connectivity index (χ1n) is 11.9. The molecule has 0 saturated heterocycles. The van der Waals surface area contributed by atoms with Gasteiger partial charge in [0, 0.05) is 12.2 Å². The quantitative estimate of drug-likeness (QED) is 0.227. The minimum Gasteiger partial charge on any atom is -0.467 e. The number of nitrogens with one attached hydrogen (secondary N) is 1. The Kier molecular flexibility index (Phi) is 8.29. The molecule has 0 aliphatic heterocycles. The van der Waals surface area contributed by atoms with Crippen LogP contribution in [-0.2, 0) is 35.8 Å². The number of anilines is 1. The third kappa shape index (κ3) is 7.20. The van der Waals surface area contributed by atoms with E-state index < -0.39 is 32.8 Å². The summed E-state index contributed by atoms with van der Waals surface area (Å²) in [6, 6.07) is 19.7. The molecule has 0 fully saturated rings. The van der Waals surface area contributed by atoms with Gasteiger partial charge < -0.3 is 18.8 Å². The van der Waals surface area contributed by atoms with E-state index in [-0.39, 0.29) is 18.8 Å². The zero-order chi connectivity index (χ0) is 28.0. The number of amides is 2. The van der Waals surface area contributed by atoms with Gasteiger partial charge in [-0.2, -0.15) is 21.6 Å². The topological polar surface area (TPSA) is 88.9 Å². The molecule has 7 nitrogen and oxygen atoms in total. The van der Waals surface area contributed by atoms with Crippen molar-refractivity contribution in [1.29, 1.82) is 0 Å². The highest BCUT2D eigenvalue weighted by Crippen LogP contribution is 2.31. The van der Waals surface area contributed by atoms with Crippen molar-refractivity contribution in [3.63, 3.8) is 0 Å². The summed E-state index contributed by atoms with van der Waals surface area (Å²) in [5.74, 6) is 0.424. The van der Waals surface area contributed by atoms with E-state index in [0.29, 0.717) is 29.5 Å². The van der Waals surface area contributed by atoms with Gasteiger partial charge in [0.1, 0.15) is 16.4 Å². The monoisotopic (exact) mass is 558 g/mol. The molecule has 0 bridgehead atoms. The molecule has 0 aliphatic carbocycles. The first kappa shape index (κ1) is 27.8. The summed E-state index contributed by atoms with van der Waals surface area (Å²) in [7, 11) is -4.55. The number of para-hydroxylation sites is 1. The Morgan fingerprint density at radius 2 is 1.72 bits per heavy atom. The van der Waals surface area contributed by atoms with Crippen LogP contribution < -0.4 is 9.50 Å². The lowest BCUT2D eigenvalue weighted by Crippen LogP contribution is -2.34. The number of carbonyl (C=O) groups excluding carboxylic acids is 1. The van der Waals surface area contributed by atoms with Gasteiger partial charge in [0.2, 0.25) is 0 Å². The highest BCUT2D eigenvalue weighted by molar-refractivity contribution is 7.87. The number of hydrogen-bond acceptors (Lipinski definition) is 5. The SMILES string of the molecule is CCc1ccccc1NC(=O)N(Cc1cccc(OS(=O)(=O)c2cccc(C(F)(F)F)c2)c1)Cc1ccco1. The summed E-state index contributed by atoms with van der Waals surface area (Å²) >= 11 is 0. The van der Waals surface area contributed by atoms with Gasteiger partial charge in [-0.3, -0.25) is 0 Å². The van der Waals surface area contributed by atoms with Crippen molar-refractivity contribution < 1.29 is 35.0 Å². The number of furan rings is 1. The second-order valence-electron chi connectivity index (χ2n) is 8.59. The van der Waals surface area contributed by atoms with Crippen LogP contribution in [0.5, 0.6) is 5.75 Å². The summed E-state index contributed by atoms with van der Waals surface area (Å²) in [6.45, 7) is 2.16. The lowest BCUT2D eigenvalue weighted by Gasteiger charge is -2.23. The Morgan fingerprint density at radius 3 is 2.44 bits per heavy atom. The van der Waals surface area contributed by atoms with E-state index >= 15 is 0 Å². The standard InChI is InChI=1S/C28H25F3N2O5S/c1-2-21-9-3-4-14-26(21)32-27(34)33(19-24-12-7-15-37-24)18-20-8-5-11-23(16-20)38-39(35,36)25-13-6-10-22(17-25)28(29,30)31/h3-17H,2,18-19H2,1H3,(H,32,34). The van der Waals surface area contributed by atoms with E-state index in [2.05, 4.69) is 5.32 Å². The Balaban J connectivity index is 1.55. The molecular formula is C28H25F3N2O5S. The van der Waals surface area contributed by atoms with Crippen LogP contribution in [-0.4, -0.2) is 19.3 Å². The third-order valence-corrected chi connectivity index (χ3v) is 7.02. The zero-order valence-electron chi connectivity index (χ0n) is 20.8. The maximum absolute atomic E-state index is 13.3. The van der Waals surface area contributed by atoms with Crippen molar-refractivity contribution in [2.45, 2.75) is 37.5 Å². The molecular weight excluding hydrogens is 533 g/mol. The number of nitrogens with zero attached hydrogens (tertiary/aromatic N) is 1. The molecule has 0 saturated carbocycles. The van der Waals surface area contributed by atoms with Crippen molar-refractivity contribution in [1.82, 2.24) is 4.90 Å². The molecule has 2 amide bonds. The molecule has 1 heterocycles. The summed E-state index contributed by atoms with van der Waals surface area (Å²) in [6.07, 6.45) is -2.50. The summed E-state index contributed by atoms with van der Waals surface area (Å²) < 4.78 is 75.2. The molecule has 11 heteroatoms. The minimum absolute atomic E-state index is 0.0572. The molecule has 1 aromatic heterocycles. The van der Waals surface area contributed by atoms with Crippen LogP contribution in [0.15, 0.2) is 101 Å². The number of rotatable bonds is 9. The van der Waals surface area contributed by atoms with Crippen molar-refractivity contribution in [2.75, 3.05) is 5.32 Å². The van der Waals surface area contributed by atoms with E-state index in [9.17, 15) is 26.4 Å². The second-order valence-corrected chi connectivity index (χ2v) is 10.1. The number of aryl methyl sites for hydroxylation is 1. The van der Waals surface area contributed by atoms with Crippen molar-refractivity contribution in [3.05, 3.63) is 114 Å². The fourth-order valence-electron chi connectivity index (χ4n) is 3.85. The molecule has 1 N–H and O–H groups in total. The van der Waals surface area contributed by atoms with E-state index in [1.807, 2.05) is 25.1 Å². The van der Waals surface area contributed by atoms with Crippen LogP contribution in [0.3, 0.4) is 0 Å². The van der Waals surface area contributed by atoms with Crippen LogP contribution in [0.2, 0.25) is 0 Å². The molecule has 0 unspecified atom stereocenters. The number of alkyl halides is 3. The number of benzene rings is 3. The van der Waals surface area contributed by atoms with Crippen molar-refractivity contribution in [2.24, 2.45) is 0 Å².